The number of nitrogens with one attached hydrogen (secondary N) is 1. The summed E-state index contributed by atoms with van der Waals surface area (Å²) in [5, 5.41) is 13.8. The first-order chi connectivity index (χ1) is 10.8. The van der Waals surface area contributed by atoms with E-state index in [2.05, 4.69) is 25.8 Å². The first kappa shape index (κ1) is 13.7. The molecule has 8 nitrogen and oxygen atoms in total. The maximum Gasteiger partial charge on any atom is 0.255 e. The number of pyridine rings is 1. The fraction of sp³-hybridized carbons (Fsp3) is 0.0714. The van der Waals surface area contributed by atoms with Gasteiger partial charge in [-0.25, -0.2) is 0 Å². The van der Waals surface area contributed by atoms with Gasteiger partial charge in [0.15, 0.2) is 0 Å². The summed E-state index contributed by atoms with van der Waals surface area (Å²) in [6.07, 6.45) is 4.58. The van der Waals surface area contributed by atoms with Gasteiger partial charge in [0.05, 0.1) is 7.11 Å². The van der Waals surface area contributed by atoms with Gasteiger partial charge < -0.3 is 10.1 Å². The highest BCUT2D eigenvalue weighted by Gasteiger charge is 2.11. The van der Waals surface area contributed by atoms with E-state index in [1.165, 1.54) is 11.0 Å². The zero-order valence-corrected chi connectivity index (χ0v) is 11.7. The van der Waals surface area contributed by atoms with E-state index >= 15 is 0 Å². The Kier molecular flexibility index (Phi) is 3.73. The Morgan fingerprint density at radius 1 is 1.23 bits per heavy atom. The first-order valence-electron chi connectivity index (χ1n) is 6.40. The number of rotatable bonds is 4. The summed E-state index contributed by atoms with van der Waals surface area (Å²) in [4.78, 5) is 16.0. The third-order valence-corrected chi connectivity index (χ3v) is 2.98. The lowest BCUT2D eigenvalue weighted by Gasteiger charge is -2.11. The van der Waals surface area contributed by atoms with E-state index in [0.29, 0.717) is 22.7 Å². The summed E-state index contributed by atoms with van der Waals surface area (Å²) in [6, 6.07) is 8.49. The van der Waals surface area contributed by atoms with Crippen molar-refractivity contribution in [1.29, 1.82) is 0 Å². The fourth-order valence-electron chi connectivity index (χ4n) is 1.93. The maximum atomic E-state index is 12.1. The van der Waals surface area contributed by atoms with Crippen LogP contribution in [0.5, 0.6) is 5.75 Å². The van der Waals surface area contributed by atoms with Gasteiger partial charge in [-0.05, 0) is 40.8 Å². The monoisotopic (exact) mass is 296 g/mol. The van der Waals surface area contributed by atoms with E-state index in [1.54, 1.807) is 49.8 Å². The highest BCUT2D eigenvalue weighted by molar-refractivity contribution is 6.04. The predicted octanol–water partition coefficient (Wildman–Crippen LogP) is 1.32. The van der Waals surface area contributed by atoms with E-state index < -0.39 is 0 Å². The van der Waals surface area contributed by atoms with Crippen molar-refractivity contribution in [3.8, 4) is 11.4 Å². The van der Waals surface area contributed by atoms with E-state index in [9.17, 15) is 4.79 Å². The molecule has 0 aliphatic heterocycles. The van der Waals surface area contributed by atoms with Crippen LogP contribution in [0.15, 0.2) is 49.1 Å². The van der Waals surface area contributed by atoms with Crippen LogP contribution in [0.25, 0.3) is 5.69 Å². The van der Waals surface area contributed by atoms with Gasteiger partial charge in [-0.2, -0.15) is 4.68 Å². The van der Waals surface area contributed by atoms with Crippen LogP contribution in [0.3, 0.4) is 0 Å². The largest absolute Gasteiger partial charge is 0.494 e. The third kappa shape index (κ3) is 2.75. The van der Waals surface area contributed by atoms with Crippen molar-refractivity contribution < 1.29 is 9.53 Å². The number of benzene rings is 1. The van der Waals surface area contributed by atoms with Crippen molar-refractivity contribution in [3.05, 3.63) is 54.6 Å². The molecule has 2 heterocycles. The molecule has 0 aliphatic rings. The number of anilines is 1. The second kappa shape index (κ2) is 6.00. The van der Waals surface area contributed by atoms with Gasteiger partial charge in [-0.15, -0.1) is 5.10 Å². The molecule has 0 bridgehead atoms. The summed E-state index contributed by atoms with van der Waals surface area (Å²) in [7, 11) is 1.55. The predicted molar refractivity (Wildman–Crippen MR) is 77.9 cm³/mol. The highest BCUT2D eigenvalue weighted by atomic mass is 16.5. The number of nitrogens with zero attached hydrogens (tertiary/aromatic N) is 5. The Morgan fingerprint density at radius 3 is 2.73 bits per heavy atom. The number of carbonyl (C=O) groups excluding carboxylic acids is 1. The summed E-state index contributed by atoms with van der Waals surface area (Å²) in [5.74, 6) is 0.365. The van der Waals surface area contributed by atoms with Gasteiger partial charge >= 0.3 is 0 Å². The Hall–Kier alpha value is -3.29. The number of aromatic nitrogens is 5. The molecular weight excluding hydrogens is 284 g/mol. The van der Waals surface area contributed by atoms with Gasteiger partial charge in [0.1, 0.15) is 17.8 Å². The van der Waals surface area contributed by atoms with Gasteiger partial charge in [-0.1, -0.05) is 0 Å². The quantitative estimate of drug-likeness (QED) is 0.780. The standard InChI is InChI=1S/C14H12N6O2/c1-22-13-3-2-11(8-12(13)20-9-16-18-19-20)17-14(21)10-4-6-15-7-5-10/h2-9H,1H3,(H,17,21). The molecule has 0 unspecified atom stereocenters. The minimum atomic E-state index is -0.227. The molecule has 0 saturated carbocycles. The molecule has 3 rings (SSSR count). The Balaban J connectivity index is 1.89. The minimum Gasteiger partial charge on any atom is -0.494 e. The fourth-order valence-corrected chi connectivity index (χ4v) is 1.93. The zero-order chi connectivity index (χ0) is 15.4. The number of hydrogen-bond acceptors (Lipinski definition) is 6. The molecule has 0 spiro atoms. The van der Waals surface area contributed by atoms with Gasteiger partial charge in [0.25, 0.3) is 5.91 Å². The van der Waals surface area contributed by atoms with Gasteiger partial charge in [-0.3, -0.25) is 9.78 Å². The molecule has 0 aliphatic carbocycles. The van der Waals surface area contributed by atoms with Crippen LogP contribution in [0, 0.1) is 0 Å². The summed E-state index contributed by atoms with van der Waals surface area (Å²) in [5.41, 5.74) is 1.75. The zero-order valence-electron chi connectivity index (χ0n) is 11.7. The van der Waals surface area contributed by atoms with Crippen LogP contribution < -0.4 is 10.1 Å². The first-order valence-corrected chi connectivity index (χ1v) is 6.40. The summed E-state index contributed by atoms with van der Waals surface area (Å²) in [6.45, 7) is 0. The topological polar surface area (TPSA) is 94.8 Å². The van der Waals surface area contributed by atoms with Crippen molar-refractivity contribution >= 4 is 11.6 Å². The van der Waals surface area contributed by atoms with Crippen molar-refractivity contribution in [2.24, 2.45) is 0 Å². The lowest BCUT2D eigenvalue weighted by molar-refractivity contribution is 0.102. The Bertz CT molecular complexity index is 773. The molecule has 1 aromatic carbocycles. The molecule has 22 heavy (non-hydrogen) atoms. The molecule has 110 valence electrons. The van der Waals surface area contributed by atoms with Crippen LogP contribution in [-0.4, -0.2) is 38.2 Å². The van der Waals surface area contributed by atoms with Crippen LogP contribution >= 0.6 is 0 Å². The van der Waals surface area contributed by atoms with E-state index in [4.69, 9.17) is 4.74 Å². The molecule has 2 aromatic heterocycles. The van der Waals surface area contributed by atoms with Crippen LogP contribution in [0.4, 0.5) is 5.69 Å². The van der Waals surface area contributed by atoms with Crippen molar-refractivity contribution in [1.82, 2.24) is 25.2 Å². The molecule has 1 amide bonds. The summed E-state index contributed by atoms with van der Waals surface area (Å²) < 4.78 is 6.74. The van der Waals surface area contributed by atoms with Gasteiger partial charge in [0, 0.05) is 23.6 Å². The molecule has 0 atom stereocenters. The van der Waals surface area contributed by atoms with Gasteiger partial charge in [0.2, 0.25) is 0 Å². The van der Waals surface area contributed by atoms with Crippen LogP contribution in [-0.2, 0) is 0 Å². The molecule has 0 saturated heterocycles. The second-order valence-electron chi connectivity index (χ2n) is 4.33. The van der Waals surface area contributed by atoms with E-state index in [-0.39, 0.29) is 5.91 Å². The number of hydrogen-bond donors (Lipinski definition) is 1. The SMILES string of the molecule is COc1ccc(NC(=O)c2ccncc2)cc1-n1cnnn1. The third-order valence-electron chi connectivity index (χ3n) is 2.98. The molecule has 3 aromatic rings. The Morgan fingerprint density at radius 2 is 2.05 bits per heavy atom. The molecule has 1 N–H and O–H groups in total. The van der Waals surface area contributed by atoms with Crippen LogP contribution in [0.2, 0.25) is 0 Å². The average molecular weight is 296 g/mol. The van der Waals surface area contributed by atoms with Crippen molar-refractivity contribution in [3.63, 3.8) is 0 Å². The van der Waals surface area contributed by atoms with Crippen LogP contribution in [0.1, 0.15) is 10.4 Å². The molecule has 8 heteroatoms. The number of ether oxygens (including phenoxy) is 1. The Labute approximate surface area is 125 Å². The van der Waals surface area contributed by atoms with Crippen molar-refractivity contribution in [2.75, 3.05) is 12.4 Å². The average Bonchev–Trinajstić information content (AvgIpc) is 3.10. The molecule has 0 fully saturated rings. The number of amides is 1. The van der Waals surface area contributed by atoms with Crippen molar-refractivity contribution in [2.45, 2.75) is 0 Å². The second-order valence-corrected chi connectivity index (χ2v) is 4.33. The highest BCUT2D eigenvalue weighted by Crippen LogP contribution is 2.25. The smallest absolute Gasteiger partial charge is 0.255 e. The van der Waals surface area contributed by atoms with E-state index in [0.717, 1.165) is 0 Å². The normalized spacial score (nSPS) is 10.2. The number of tetrazole rings is 1. The lowest BCUT2D eigenvalue weighted by atomic mass is 10.2. The minimum absolute atomic E-state index is 0.227. The number of methoxy groups -OCH3 is 1. The molecule has 0 radical (unpaired) electrons. The molecular formula is C14H12N6O2. The number of carbonyl (C=O) groups is 1. The van der Waals surface area contributed by atoms with E-state index in [1.807, 2.05) is 0 Å². The lowest BCUT2D eigenvalue weighted by Crippen LogP contribution is -2.12. The maximum absolute atomic E-state index is 12.1. The summed E-state index contributed by atoms with van der Waals surface area (Å²) >= 11 is 0.